The van der Waals surface area contributed by atoms with Crippen LogP contribution in [0, 0.1) is 35.0 Å². The fraction of sp³-hybridized carbons (Fsp3) is 0.357. The molecule has 0 saturated carbocycles. The van der Waals surface area contributed by atoms with Gasteiger partial charge in [-0.05, 0) is 53.8 Å². The highest BCUT2D eigenvalue weighted by Crippen LogP contribution is 2.30. The van der Waals surface area contributed by atoms with Gasteiger partial charge in [-0.3, -0.25) is 0 Å². The first-order chi connectivity index (χ1) is 17.4. The summed E-state index contributed by atoms with van der Waals surface area (Å²) in [5.74, 6) is -6.11. The third kappa shape index (κ3) is 6.23. The molecule has 0 amide bonds. The van der Waals surface area contributed by atoms with Crippen LogP contribution in [0.25, 0.3) is 11.1 Å². The van der Waals surface area contributed by atoms with E-state index in [1.807, 2.05) is 0 Å². The molecule has 3 aromatic carbocycles. The van der Waals surface area contributed by atoms with Gasteiger partial charge in [-0.15, -0.1) is 0 Å². The molecule has 0 bridgehead atoms. The summed E-state index contributed by atoms with van der Waals surface area (Å²) in [5, 5.41) is 0. The highest BCUT2D eigenvalue weighted by molar-refractivity contribution is 5.64. The van der Waals surface area contributed by atoms with Gasteiger partial charge in [-0.1, -0.05) is 44.0 Å². The average molecular weight is 507 g/mol. The Morgan fingerprint density at radius 1 is 0.778 bits per heavy atom. The second kappa shape index (κ2) is 11.8. The van der Waals surface area contributed by atoms with Crippen molar-refractivity contribution in [3.05, 3.63) is 88.7 Å². The molecule has 4 rings (SSSR count). The molecule has 1 aliphatic heterocycles. The number of aryl methyl sites for hydroxylation is 1. The number of ether oxygens (including phenoxy) is 3. The van der Waals surface area contributed by atoms with Gasteiger partial charge in [0.1, 0.15) is 0 Å². The second-order valence-electron chi connectivity index (χ2n) is 8.90. The number of hydrogen-bond acceptors (Lipinski definition) is 3. The summed E-state index contributed by atoms with van der Waals surface area (Å²) < 4.78 is 85.9. The molecule has 1 fully saturated rings. The van der Waals surface area contributed by atoms with Crippen LogP contribution < -0.4 is 4.74 Å². The standard InChI is InChI=1S/C28H27F5O3/c1-2-3-4-5-17-10-24(31)27(25(32)11-17)34-14-18-15-35-28(36-16-18)20-8-6-19(7-9-20)21-12-22(29)26(33)23(30)13-21/h6-13,18,28H,2-5,14-16H2,1H3. The van der Waals surface area contributed by atoms with Crippen molar-refractivity contribution in [3.8, 4) is 16.9 Å². The molecule has 1 saturated heterocycles. The van der Waals surface area contributed by atoms with E-state index in [0.717, 1.165) is 31.4 Å². The smallest absolute Gasteiger partial charge is 0.194 e. The van der Waals surface area contributed by atoms with E-state index < -0.39 is 41.1 Å². The van der Waals surface area contributed by atoms with E-state index in [1.165, 1.54) is 12.1 Å². The van der Waals surface area contributed by atoms with Gasteiger partial charge in [0.05, 0.1) is 19.8 Å². The monoisotopic (exact) mass is 506 g/mol. The van der Waals surface area contributed by atoms with E-state index in [0.29, 0.717) is 23.1 Å². The summed E-state index contributed by atoms with van der Waals surface area (Å²) in [4.78, 5) is 0. The van der Waals surface area contributed by atoms with Gasteiger partial charge in [0.2, 0.25) is 0 Å². The molecular formula is C28H27F5O3. The van der Waals surface area contributed by atoms with E-state index >= 15 is 0 Å². The van der Waals surface area contributed by atoms with Crippen LogP contribution in [0.2, 0.25) is 0 Å². The highest BCUT2D eigenvalue weighted by atomic mass is 19.2. The van der Waals surface area contributed by atoms with Crippen LogP contribution in [0.3, 0.4) is 0 Å². The predicted octanol–water partition coefficient (Wildman–Crippen LogP) is 7.52. The van der Waals surface area contributed by atoms with Crippen molar-refractivity contribution in [3.63, 3.8) is 0 Å². The van der Waals surface area contributed by atoms with Gasteiger partial charge >= 0.3 is 0 Å². The molecule has 0 aromatic heterocycles. The van der Waals surface area contributed by atoms with Crippen molar-refractivity contribution in [2.75, 3.05) is 19.8 Å². The van der Waals surface area contributed by atoms with Crippen LogP contribution in [-0.4, -0.2) is 19.8 Å². The van der Waals surface area contributed by atoms with Crippen LogP contribution in [0.4, 0.5) is 22.0 Å². The molecule has 0 radical (unpaired) electrons. The number of hydrogen-bond donors (Lipinski definition) is 0. The lowest BCUT2D eigenvalue weighted by atomic mass is 10.0. The Morgan fingerprint density at radius 3 is 1.97 bits per heavy atom. The molecule has 0 N–H and O–H groups in total. The fourth-order valence-corrected chi connectivity index (χ4v) is 4.06. The lowest BCUT2D eigenvalue weighted by Gasteiger charge is -2.29. The summed E-state index contributed by atoms with van der Waals surface area (Å²) in [7, 11) is 0. The van der Waals surface area contributed by atoms with E-state index in [9.17, 15) is 22.0 Å². The van der Waals surface area contributed by atoms with E-state index in [-0.39, 0.29) is 31.3 Å². The molecule has 0 atom stereocenters. The molecule has 0 aliphatic carbocycles. The minimum absolute atomic E-state index is 0.0242. The summed E-state index contributed by atoms with van der Waals surface area (Å²) in [5.41, 5.74) is 1.99. The third-order valence-electron chi connectivity index (χ3n) is 6.06. The zero-order valence-corrected chi connectivity index (χ0v) is 19.8. The number of rotatable bonds is 9. The number of unbranched alkanes of at least 4 members (excludes halogenated alkanes) is 2. The van der Waals surface area contributed by atoms with Crippen molar-refractivity contribution in [2.24, 2.45) is 5.92 Å². The van der Waals surface area contributed by atoms with Gasteiger partial charge in [-0.2, -0.15) is 0 Å². The van der Waals surface area contributed by atoms with Crippen molar-refractivity contribution in [1.82, 2.24) is 0 Å². The SMILES string of the molecule is CCCCCc1cc(F)c(OCC2COC(c3ccc(-c4cc(F)c(F)c(F)c4)cc3)OC2)c(F)c1. The topological polar surface area (TPSA) is 27.7 Å². The first kappa shape index (κ1) is 26.1. The lowest BCUT2D eigenvalue weighted by Crippen LogP contribution is -2.31. The molecule has 3 aromatic rings. The maximum atomic E-state index is 14.4. The first-order valence-corrected chi connectivity index (χ1v) is 11.9. The highest BCUT2D eigenvalue weighted by Gasteiger charge is 2.25. The summed E-state index contributed by atoms with van der Waals surface area (Å²) in [6.07, 6.45) is 2.85. The quantitative estimate of drug-likeness (QED) is 0.171. The molecule has 8 heteroatoms. The maximum absolute atomic E-state index is 14.4. The van der Waals surface area contributed by atoms with Gasteiger partial charge in [0.25, 0.3) is 0 Å². The Morgan fingerprint density at radius 2 is 1.39 bits per heavy atom. The fourth-order valence-electron chi connectivity index (χ4n) is 4.06. The molecule has 192 valence electrons. The average Bonchev–Trinajstić information content (AvgIpc) is 2.87. The van der Waals surface area contributed by atoms with Crippen molar-refractivity contribution in [1.29, 1.82) is 0 Å². The number of halogens is 5. The Balaban J connectivity index is 1.30. The molecule has 36 heavy (non-hydrogen) atoms. The Bertz CT molecular complexity index is 1130. The second-order valence-corrected chi connectivity index (χ2v) is 8.90. The van der Waals surface area contributed by atoms with Gasteiger partial charge in [-0.25, -0.2) is 22.0 Å². The van der Waals surface area contributed by atoms with Gasteiger partial charge < -0.3 is 14.2 Å². The minimum atomic E-state index is -1.51. The minimum Gasteiger partial charge on any atom is -0.487 e. The Kier molecular flexibility index (Phi) is 8.59. The summed E-state index contributed by atoms with van der Waals surface area (Å²) >= 11 is 0. The largest absolute Gasteiger partial charge is 0.487 e. The lowest BCUT2D eigenvalue weighted by molar-refractivity contribution is -0.208. The van der Waals surface area contributed by atoms with Crippen LogP contribution in [0.1, 0.15) is 43.6 Å². The zero-order valence-electron chi connectivity index (χ0n) is 19.8. The van der Waals surface area contributed by atoms with Crippen LogP contribution in [0.15, 0.2) is 48.5 Å². The summed E-state index contributed by atoms with van der Waals surface area (Å²) in [6.45, 7) is 2.59. The number of benzene rings is 3. The van der Waals surface area contributed by atoms with Crippen LogP contribution in [0.5, 0.6) is 5.75 Å². The maximum Gasteiger partial charge on any atom is 0.194 e. The van der Waals surface area contributed by atoms with Crippen molar-refractivity contribution < 1.29 is 36.2 Å². The van der Waals surface area contributed by atoms with E-state index in [2.05, 4.69) is 6.92 Å². The molecule has 1 aliphatic rings. The van der Waals surface area contributed by atoms with Crippen LogP contribution >= 0.6 is 0 Å². The predicted molar refractivity (Wildman–Crippen MR) is 125 cm³/mol. The molecule has 0 spiro atoms. The van der Waals surface area contributed by atoms with E-state index in [1.54, 1.807) is 24.3 Å². The zero-order chi connectivity index (χ0) is 25.7. The van der Waals surface area contributed by atoms with Crippen LogP contribution in [-0.2, 0) is 15.9 Å². The van der Waals surface area contributed by atoms with Gasteiger partial charge in [0.15, 0.2) is 41.1 Å². The first-order valence-electron chi connectivity index (χ1n) is 11.9. The Hall–Kier alpha value is -2.97. The molecule has 3 nitrogen and oxygen atoms in total. The summed E-state index contributed by atoms with van der Waals surface area (Å²) in [6, 6.07) is 11.1. The molecule has 0 unspecified atom stereocenters. The van der Waals surface area contributed by atoms with Gasteiger partial charge in [0, 0.05) is 11.5 Å². The van der Waals surface area contributed by atoms with Crippen molar-refractivity contribution in [2.45, 2.75) is 38.9 Å². The van der Waals surface area contributed by atoms with Crippen molar-refractivity contribution >= 4 is 0 Å². The Labute approximate surface area is 206 Å². The normalized spacial score (nSPS) is 17.8. The van der Waals surface area contributed by atoms with E-state index in [4.69, 9.17) is 14.2 Å². The molecule has 1 heterocycles. The third-order valence-corrected chi connectivity index (χ3v) is 6.06. The molecular weight excluding hydrogens is 479 g/mol.